The Hall–Kier alpha value is -3.01. The van der Waals surface area contributed by atoms with Gasteiger partial charge < -0.3 is 25.5 Å². The molecule has 5 atom stereocenters. The molecule has 1 aromatic rings. The second-order valence-electron chi connectivity index (χ2n) is 8.14. The Labute approximate surface area is 171 Å². The molecule has 0 spiro atoms. The number of hydrogen-bond acceptors (Lipinski definition) is 9. The number of carbonyl (C=O) groups excluding carboxylic acids is 3. The number of phenolic OH excluding ortho intramolecular Hbond substituents is 1. The molecule has 0 aliphatic heterocycles. The van der Waals surface area contributed by atoms with E-state index < -0.39 is 58.3 Å². The van der Waals surface area contributed by atoms with Crippen molar-refractivity contribution in [1.29, 1.82) is 0 Å². The summed E-state index contributed by atoms with van der Waals surface area (Å²) in [6.45, 7) is 0. The first-order valence-corrected chi connectivity index (χ1v) is 9.36. The van der Waals surface area contributed by atoms with Crippen molar-refractivity contribution in [2.24, 2.45) is 11.8 Å². The number of carbonyl (C=O) groups is 3. The number of phenols is 1. The normalized spacial score (nSPS) is 34.8. The van der Waals surface area contributed by atoms with E-state index >= 15 is 0 Å². The third kappa shape index (κ3) is 2.31. The molecular weight excluding hydrogens is 394 g/mol. The number of fused-ring (bicyclic) bond motifs is 3. The molecule has 9 nitrogen and oxygen atoms in total. The van der Waals surface area contributed by atoms with Crippen LogP contribution in [0.2, 0.25) is 0 Å². The van der Waals surface area contributed by atoms with E-state index in [1.54, 1.807) is 12.1 Å². The van der Waals surface area contributed by atoms with E-state index in [-0.39, 0.29) is 29.6 Å². The van der Waals surface area contributed by atoms with Gasteiger partial charge in [0.2, 0.25) is 11.6 Å². The van der Waals surface area contributed by atoms with Gasteiger partial charge in [-0.25, -0.2) is 0 Å². The highest BCUT2D eigenvalue weighted by molar-refractivity contribution is 6.35. The molecule has 3 aliphatic rings. The first-order chi connectivity index (χ1) is 14.1. The number of hydrogen-bond donors (Lipinski definition) is 5. The van der Waals surface area contributed by atoms with Gasteiger partial charge in [-0.2, -0.15) is 0 Å². The first kappa shape index (κ1) is 20.3. The molecule has 0 aromatic heterocycles. The average Bonchev–Trinajstić information content (AvgIpc) is 2.68. The van der Waals surface area contributed by atoms with Crippen molar-refractivity contribution in [2.75, 3.05) is 14.1 Å². The highest BCUT2D eigenvalue weighted by Crippen LogP contribution is 2.51. The van der Waals surface area contributed by atoms with Gasteiger partial charge in [-0.15, -0.1) is 0 Å². The molecule has 2 saturated carbocycles. The summed E-state index contributed by atoms with van der Waals surface area (Å²) in [5, 5.41) is 52.9. The number of Topliss-reactive ketones (excluding diaryl/α,β-unsaturated/α-hetero) is 3. The van der Waals surface area contributed by atoms with Gasteiger partial charge in [-0.05, 0) is 32.1 Å². The Morgan fingerprint density at radius 3 is 2.40 bits per heavy atom. The minimum Gasteiger partial charge on any atom is -0.515 e. The fourth-order valence-corrected chi connectivity index (χ4v) is 5.09. The van der Waals surface area contributed by atoms with Crippen LogP contribution in [-0.2, 0) is 20.8 Å². The second kappa shape index (κ2) is 6.49. The maximum atomic E-state index is 13.4. The Bertz CT molecular complexity index is 1060. The lowest BCUT2D eigenvalue weighted by molar-refractivity contribution is -0.177. The van der Waals surface area contributed by atoms with Crippen LogP contribution in [0, 0.1) is 11.8 Å². The summed E-state index contributed by atoms with van der Waals surface area (Å²) in [6, 6.07) is 3.22. The highest BCUT2D eigenvalue weighted by Gasteiger charge is 2.68. The summed E-state index contributed by atoms with van der Waals surface area (Å²) in [5.74, 6) is -6.74. The third-order valence-corrected chi connectivity index (χ3v) is 6.44. The van der Waals surface area contributed by atoms with Crippen LogP contribution in [0.1, 0.15) is 11.1 Å². The smallest absolute Gasteiger partial charge is 0.209 e. The maximum Gasteiger partial charge on any atom is 0.209 e. The van der Waals surface area contributed by atoms with Crippen molar-refractivity contribution in [2.45, 2.75) is 24.2 Å². The number of rotatable bonds is 1. The molecule has 9 heteroatoms. The Balaban J connectivity index is 1.99. The van der Waals surface area contributed by atoms with Crippen LogP contribution in [0.5, 0.6) is 5.75 Å². The van der Waals surface area contributed by atoms with Crippen LogP contribution >= 0.6 is 0 Å². The van der Waals surface area contributed by atoms with E-state index in [4.69, 9.17) is 0 Å². The number of benzene rings is 1. The number of aliphatic hydroxyl groups excluding tert-OH is 3. The van der Waals surface area contributed by atoms with Gasteiger partial charge in [0.25, 0.3) is 0 Å². The first-order valence-electron chi connectivity index (χ1n) is 9.36. The van der Waals surface area contributed by atoms with Crippen molar-refractivity contribution in [1.82, 2.24) is 4.90 Å². The second-order valence-corrected chi connectivity index (χ2v) is 8.14. The number of aliphatic hydroxyl groups is 4. The largest absolute Gasteiger partial charge is 0.515 e. The van der Waals surface area contributed by atoms with Crippen LogP contribution in [-0.4, -0.2) is 79.6 Å². The zero-order valence-corrected chi connectivity index (χ0v) is 16.2. The summed E-state index contributed by atoms with van der Waals surface area (Å²) in [4.78, 5) is 40.5. The van der Waals surface area contributed by atoms with Gasteiger partial charge in [-0.3, -0.25) is 19.3 Å². The van der Waals surface area contributed by atoms with E-state index in [1.807, 2.05) is 0 Å². The van der Waals surface area contributed by atoms with Gasteiger partial charge in [0.05, 0.1) is 29.9 Å². The molecular formula is C21H21NO8. The maximum absolute atomic E-state index is 13.4. The van der Waals surface area contributed by atoms with Gasteiger partial charge in [0.15, 0.2) is 11.4 Å². The van der Waals surface area contributed by atoms with Crippen molar-refractivity contribution in [3.8, 4) is 5.75 Å². The van der Waals surface area contributed by atoms with Crippen molar-refractivity contribution in [3.05, 3.63) is 46.7 Å². The van der Waals surface area contributed by atoms with Gasteiger partial charge >= 0.3 is 0 Å². The van der Waals surface area contributed by atoms with E-state index in [0.29, 0.717) is 5.56 Å². The predicted octanol–water partition coefficient (Wildman–Crippen LogP) is -0.352. The van der Waals surface area contributed by atoms with Crippen molar-refractivity contribution in [3.63, 3.8) is 0 Å². The summed E-state index contributed by atoms with van der Waals surface area (Å²) in [7, 11) is 2.98. The van der Waals surface area contributed by atoms with Crippen molar-refractivity contribution >= 4 is 23.1 Å². The molecule has 1 unspecified atom stereocenters. The lowest BCUT2D eigenvalue weighted by Crippen LogP contribution is -2.73. The molecule has 0 bridgehead atoms. The molecule has 2 fully saturated rings. The number of nitrogens with zero attached hydrogens (tertiary/aromatic N) is 1. The van der Waals surface area contributed by atoms with Gasteiger partial charge in [0, 0.05) is 11.5 Å². The van der Waals surface area contributed by atoms with Crippen LogP contribution in [0.15, 0.2) is 35.6 Å². The molecule has 1 aromatic carbocycles. The van der Waals surface area contributed by atoms with Crippen LogP contribution < -0.4 is 0 Å². The number of ketones is 3. The Kier molecular flexibility index (Phi) is 4.39. The third-order valence-electron chi connectivity index (χ3n) is 6.44. The average molecular weight is 415 g/mol. The molecule has 4 rings (SSSR count). The van der Waals surface area contributed by atoms with Crippen LogP contribution in [0.3, 0.4) is 0 Å². The lowest BCUT2D eigenvalue weighted by atomic mass is 9.55. The minimum absolute atomic E-state index is 0.00670. The molecule has 5 N–H and O–H groups in total. The fraction of sp³-hybridized carbons (Fsp3) is 0.381. The van der Waals surface area contributed by atoms with Gasteiger partial charge in [0.1, 0.15) is 17.1 Å². The van der Waals surface area contributed by atoms with E-state index in [2.05, 4.69) is 0 Å². The highest BCUT2D eigenvalue weighted by atomic mass is 16.3. The summed E-state index contributed by atoms with van der Waals surface area (Å²) in [5.41, 5.74) is -3.53. The summed E-state index contributed by atoms with van der Waals surface area (Å²) in [6.07, 6.45) is -1.24. The summed E-state index contributed by atoms with van der Waals surface area (Å²) >= 11 is 0. The molecule has 0 radical (unpaired) electrons. The topological polar surface area (TPSA) is 156 Å². The Morgan fingerprint density at radius 2 is 1.80 bits per heavy atom. The number of likely N-dealkylation sites (N-methyl/N-ethyl adjacent to an activating group) is 1. The fourth-order valence-electron chi connectivity index (χ4n) is 5.09. The van der Waals surface area contributed by atoms with Crippen LogP contribution in [0.25, 0.3) is 5.76 Å². The summed E-state index contributed by atoms with van der Waals surface area (Å²) < 4.78 is 0. The van der Waals surface area contributed by atoms with E-state index in [0.717, 1.165) is 0 Å². The monoisotopic (exact) mass is 415 g/mol. The molecule has 3 aliphatic carbocycles. The molecule has 158 valence electrons. The van der Waals surface area contributed by atoms with Crippen molar-refractivity contribution < 1.29 is 39.9 Å². The molecule has 0 amide bonds. The zero-order valence-electron chi connectivity index (χ0n) is 16.2. The molecule has 0 saturated heterocycles. The van der Waals surface area contributed by atoms with Gasteiger partial charge in [-0.1, -0.05) is 12.1 Å². The molecule has 0 heterocycles. The zero-order chi connectivity index (χ0) is 22.1. The SMILES string of the molecule is CN(C)[C@@H]1C(=O)/C(=C/O)C(=O)[C@@]2(O)C(=O)C3=C(O)c4c(O)cccc4CC3[C@H](O)[C@@H]12. The standard InChI is InChI=1S/C21H21NO8/c1-22(2)15-14-16(25)9-6-8-4-3-5-11(24)12(8)18(27)13(9)20(29)21(14,30)19(28)10(7-23)17(15)26/h3-5,7,9,14-16,23-25,27,30H,6H2,1-2H3/b10-7-/t9?,14-,15+,16+,21-/m1/s1. The quantitative estimate of drug-likeness (QED) is 0.179. The van der Waals surface area contributed by atoms with Crippen LogP contribution in [0.4, 0.5) is 0 Å². The van der Waals surface area contributed by atoms with E-state index in [1.165, 1.54) is 25.1 Å². The number of aromatic hydroxyl groups is 1. The molecule has 30 heavy (non-hydrogen) atoms. The van der Waals surface area contributed by atoms with E-state index in [9.17, 15) is 39.9 Å². The Morgan fingerprint density at radius 1 is 1.13 bits per heavy atom. The predicted molar refractivity (Wildman–Crippen MR) is 103 cm³/mol. The minimum atomic E-state index is -2.86. The lowest BCUT2D eigenvalue weighted by Gasteiger charge is -2.52.